The zero-order chi connectivity index (χ0) is 15.1. The molecular formula is C17H16ClNO2. The van der Waals surface area contributed by atoms with Crippen molar-refractivity contribution < 1.29 is 9.53 Å². The number of benzene rings is 2. The van der Waals surface area contributed by atoms with Crippen molar-refractivity contribution in [3.8, 4) is 0 Å². The van der Waals surface area contributed by atoms with Gasteiger partial charge in [0.1, 0.15) is 0 Å². The number of aryl methyl sites for hydroxylation is 2. The van der Waals surface area contributed by atoms with Crippen LogP contribution in [0, 0.1) is 13.8 Å². The van der Waals surface area contributed by atoms with Crippen LogP contribution >= 0.6 is 11.6 Å². The van der Waals surface area contributed by atoms with Crippen molar-refractivity contribution >= 4 is 39.4 Å². The minimum atomic E-state index is -0.304. The minimum absolute atomic E-state index is 0.304. The lowest BCUT2D eigenvalue weighted by atomic mass is 10.0. The summed E-state index contributed by atoms with van der Waals surface area (Å²) in [5.74, 6) is -0.304. The number of carbonyl (C=O) groups is 1. The molecule has 2 aromatic carbocycles. The van der Waals surface area contributed by atoms with Crippen molar-refractivity contribution in [2.75, 3.05) is 6.61 Å². The van der Waals surface area contributed by atoms with Gasteiger partial charge in [0.25, 0.3) is 0 Å². The Labute approximate surface area is 127 Å². The molecule has 21 heavy (non-hydrogen) atoms. The summed E-state index contributed by atoms with van der Waals surface area (Å²) in [7, 11) is 0. The first-order valence-corrected chi connectivity index (χ1v) is 7.29. The monoisotopic (exact) mass is 301 g/mol. The lowest BCUT2D eigenvalue weighted by molar-refractivity contribution is 0.0528. The number of hydrogen-bond donors (Lipinski definition) is 1. The molecule has 0 saturated carbocycles. The fraction of sp³-hybridized carbons (Fsp3) is 0.235. The number of hydrogen-bond acceptors (Lipinski definition) is 2. The molecule has 0 radical (unpaired) electrons. The van der Waals surface area contributed by atoms with E-state index in [9.17, 15) is 4.79 Å². The van der Waals surface area contributed by atoms with Crippen molar-refractivity contribution in [3.63, 3.8) is 0 Å². The van der Waals surface area contributed by atoms with Crippen LogP contribution in [0.3, 0.4) is 0 Å². The first kappa shape index (κ1) is 14.0. The molecule has 0 bridgehead atoms. The van der Waals surface area contributed by atoms with E-state index in [1.54, 1.807) is 6.92 Å². The zero-order valence-corrected chi connectivity index (χ0v) is 13.0. The van der Waals surface area contributed by atoms with Crippen LogP contribution in [-0.2, 0) is 4.74 Å². The van der Waals surface area contributed by atoms with E-state index in [4.69, 9.17) is 16.3 Å². The normalized spacial score (nSPS) is 11.2. The molecule has 0 spiro atoms. The highest BCUT2D eigenvalue weighted by Gasteiger charge is 2.17. The van der Waals surface area contributed by atoms with Crippen LogP contribution in [0.4, 0.5) is 0 Å². The first-order valence-electron chi connectivity index (χ1n) is 6.91. The van der Waals surface area contributed by atoms with Gasteiger partial charge in [-0.3, -0.25) is 0 Å². The van der Waals surface area contributed by atoms with Gasteiger partial charge in [0, 0.05) is 15.8 Å². The zero-order valence-electron chi connectivity index (χ0n) is 12.2. The van der Waals surface area contributed by atoms with Crippen LogP contribution < -0.4 is 0 Å². The number of esters is 1. The third-order valence-electron chi connectivity index (χ3n) is 3.72. The molecule has 0 amide bonds. The Morgan fingerprint density at radius 2 is 1.95 bits per heavy atom. The summed E-state index contributed by atoms with van der Waals surface area (Å²) >= 11 is 6.19. The van der Waals surface area contributed by atoms with E-state index in [0.717, 1.165) is 32.9 Å². The van der Waals surface area contributed by atoms with Gasteiger partial charge in [-0.2, -0.15) is 0 Å². The van der Waals surface area contributed by atoms with Gasteiger partial charge in [-0.25, -0.2) is 4.79 Å². The molecule has 4 heteroatoms. The number of rotatable bonds is 2. The molecule has 108 valence electrons. The van der Waals surface area contributed by atoms with E-state index in [1.807, 2.05) is 32.0 Å². The minimum Gasteiger partial charge on any atom is -0.462 e. The van der Waals surface area contributed by atoms with Crippen LogP contribution in [-0.4, -0.2) is 17.6 Å². The predicted octanol–water partition coefficient (Wildman–Crippen LogP) is 4.77. The van der Waals surface area contributed by atoms with Crippen LogP contribution in [0.25, 0.3) is 21.8 Å². The third kappa shape index (κ3) is 2.18. The maximum absolute atomic E-state index is 12.2. The van der Waals surface area contributed by atoms with Crippen molar-refractivity contribution in [3.05, 3.63) is 46.0 Å². The SMILES string of the molecule is CCOC(=O)c1cc(C)cc2c1[nH]c1c(C)c(Cl)ccc12. The van der Waals surface area contributed by atoms with E-state index >= 15 is 0 Å². The Hall–Kier alpha value is -2.00. The van der Waals surface area contributed by atoms with E-state index < -0.39 is 0 Å². The summed E-state index contributed by atoms with van der Waals surface area (Å²) in [6.45, 7) is 6.11. The maximum Gasteiger partial charge on any atom is 0.340 e. The topological polar surface area (TPSA) is 42.1 Å². The molecule has 3 nitrogen and oxygen atoms in total. The Morgan fingerprint density at radius 1 is 1.19 bits per heavy atom. The van der Waals surface area contributed by atoms with Gasteiger partial charge < -0.3 is 9.72 Å². The van der Waals surface area contributed by atoms with Gasteiger partial charge in [0.05, 0.1) is 23.2 Å². The van der Waals surface area contributed by atoms with Gasteiger partial charge in [0.15, 0.2) is 0 Å². The number of ether oxygens (including phenoxy) is 1. The number of carbonyl (C=O) groups excluding carboxylic acids is 1. The van der Waals surface area contributed by atoms with E-state index in [1.165, 1.54) is 0 Å². The number of aromatic amines is 1. The van der Waals surface area contributed by atoms with Gasteiger partial charge in [0.2, 0.25) is 0 Å². The van der Waals surface area contributed by atoms with E-state index in [0.29, 0.717) is 17.2 Å². The highest BCUT2D eigenvalue weighted by molar-refractivity contribution is 6.32. The number of fused-ring (bicyclic) bond motifs is 3. The number of H-pyrrole nitrogens is 1. The molecule has 1 heterocycles. The Balaban J connectivity index is 2.40. The predicted molar refractivity (Wildman–Crippen MR) is 86.2 cm³/mol. The van der Waals surface area contributed by atoms with Crippen molar-refractivity contribution in [1.82, 2.24) is 4.98 Å². The Kier molecular flexibility index (Phi) is 3.38. The van der Waals surface area contributed by atoms with Gasteiger partial charge in [-0.15, -0.1) is 0 Å². The lowest BCUT2D eigenvalue weighted by Gasteiger charge is -2.04. The smallest absolute Gasteiger partial charge is 0.340 e. The van der Waals surface area contributed by atoms with Gasteiger partial charge in [-0.05, 0) is 50.1 Å². The molecule has 0 atom stereocenters. The molecule has 0 unspecified atom stereocenters. The second kappa shape index (κ2) is 5.08. The lowest BCUT2D eigenvalue weighted by Crippen LogP contribution is -2.05. The van der Waals surface area contributed by atoms with Gasteiger partial charge >= 0.3 is 5.97 Å². The Morgan fingerprint density at radius 3 is 2.67 bits per heavy atom. The molecular weight excluding hydrogens is 286 g/mol. The largest absolute Gasteiger partial charge is 0.462 e. The Bertz CT molecular complexity index is 864. The second-order valence-electron chi connectivity index (χ2n) is 5.18. The van der Waals surface area contributed by atoms with Gasteiger partial charge in [-0.1, -0.05) is 17.7 Å². The second-order valence-corrected chi connectivity index (χ2v) is 5.58. The summed E-state index contributed by atoms with van der Waals surface area (Å²) in [5, 5.41) is 2.80. The number of aromatic nitrogens is 1. The standard InChI is InChI=1S/C17H16ClNO2/c1-4-21-17(20)13-8-9(2)7-12-11-5-6-14(18)10(3)15(11)19-16(12)13/h5-8,19H,4H2,1-3H3. The molecule has 1 aromatic heterocycles. The number of halogens is 1. The summed E-state index contributed by atoms with van der Waals surface area (Å²) < 4.78 is 5.16. The van der Waals surface area contributed by atoms with E-state index in [2.05, 4.69) is 11.1 Å². The molecule has 0 aliphatic rings. The van der Waals surface area contributed by atoms with Crippen LogP contribution in [0.1, 0.15) is 28.4 Å². The quantitative estimate of drug-likeness (QED) is 0.693. The summed E-state index contributed by atoms with van der Waals surface area (Å²) in [5.41, 5.74) is 4.35. The van der Waals surface area contributed by atoms with Crippen LogP contribution in [0.5, 0.6) is 0 Å². The molecule has 0 saturated heterocycles. The van der Waals surface area contributed by atoms with E-state index in [-0.39, 0.29) is 5.97 Å². The fourth-order valence-electron chi connectivity index (χ4n) is 2.70. The highest BCUT2D eigenvalue weighted by Crippen LogP contribution is 2.33. The maximum atomic E-state index is 12.2. The van der Waals surface area contributed by atoms with Crippen LogP contribution in [0.15, 0.2) is 24.3 Å². The molecule has 3 aromatic rings. The van der Waals surface area contributed by atoms with Crippen molar-refractivity contribution in [1.29, 1.82) is 0 Å². The van der Waals surface area contributed by atoms with Crippen molar-refractivity contribution in [2.45, 2.75) is 20.8 Å². The first-order chi connectivity index (χ1) is 10.0. The average molecular weight is 302 g/mol. The molecule has 1 N–H and O–H groups in total. The molecule has 0 aliphatic carbocycles. The fourth-order valence-corrected chi connectivity index (χ4v) is 2.86. The number of nitrogens with one attached hydrogen (secondary N) is 1. The summed E-state index contributed by atoms with van der Waals surface area (Å²) in [6.07, 6.45) is 0. The molecule has 0 fully saturated rings. The molecule has 3 rings (SSSR count). The third-order valence-corrected chi connectivity index (χ3v) is 4.13. The highest BCUT2D eigenvalue weighted by atomic mass is 35.5. The van der Waals surface area contributed by atoms with Crippen LogP contribution in [0.2, 0.25) is 5.02 Å². The average Bonchev–Trinajstić information content (AvgIpc) is 2.81. The molecule has 0 aliphatic heterocycles. The summed E-state index contributed by atoms with van der Waals surface area (Å²) in [4.78, 5) is 15.5. The summed E-state index contributed by atoms with van der Waals surface area (Å²) in [6, 6.07) is 7.80. The van der Waals surface area contributed by atoms with Crippen molar-refractivity contribution in [2.24, 2.45) is 0 Å².